The summed E-state index contributed by atoms with van der Waals surface area (Å²) in [5.74, 6) is -0.308. The second kappa shape index (κ2) is 7.05. The summed E-state index contributed by atoms with van der Waals surface area (Å²) in [6.07, 6.45) is 3.71. The van der Waals surface area contributed by atoms with Gasteiger partial charge in [0.1, 0.15) is 6.54 Å². The van der Waals surface area contributed by atoms with Crippen LogP contribution in [0.2, 0.25) is 0 Å². The summed E-state index contributed by atoms with van der Waals surface area (Å²) in [5.41, 5.74) is 1.91. The summed E-state index contributed by atoms with van der Waals surface area (Å²) in [5, 5.41) is 1.85. The van der Waals surface area contributed by atoms with Gasteiger partial charge in [0, 0.05) is 17.1 Å². The zero-order valence-electron chi connectivity index (χ0n) is 11.5. The van der Waals surface area contributed by atoms with Crippen molar-refractivity contribution in [3.63, 3.8) is 0 Å². The van der Waals surface area contributed by atoms with Gasteiger partial charge in [-0.2, -0.15) is 0 Å². The van der Waals surface area contributed by atoms with Crippen molar-refractivity contribution in [3.8, 4) is 0 Å². The normalized spacial score (nSPS) is 11.6. The lowest BCUT2D eigenvalue weighted by atomic mass is 10.1. The summed E-state index contributed by atoms with van der Waals surface area (Å²) in [4.78, 5) is 20.1. The van der Waals surface area contributed by atoms with Crippen LogP contribution in [-0.2, 0) is 9.53 Å². The number of thioether (sulfide) groups is 1. The Morgan fingerprint density at radius 2 is 2.20 bits per heavy atom. The first-order valence-corrected chi connectivity index (χ1v) is 7.57. The van der Waals surface area contributed by atoms with Crippen LogP contribution in [0.5, 0.6) is 0 Å². The molecule has 1 aromatic carbocycles. The quantitative estimate of drug-likeness (QED) is 0.493. The van der Waals surface area contributed by atoms with Crippen molar-refractivity contribution in [2.75, 3.05) is 19.4 Å². The highest BCUT2D eigenvalue weighted by atomic mass is 32.2. The topological polar surface area (TPSA) is 51.5 Å². The third kappa shape index (κ3) is 3.36. The third-order valence-corrected chi connectivity index (χ3v) is 3.46. The van der Waals surface area contributed by atoms with Crippen LogP contribution >= 0.6 is 11.8 Å². The molecule has 0 atom stereocenters. The highest BCUT2D eigenvalue weighted by Crippen LogP contribution is 2.21. The molecule has 1 heterocycles. The van der Waals surface area contributed by atoms with E-state index in [-0.39, 0.29) is 12.5 Å². The number of nitrogens with zero attached hydrogens (tertiary/aromatic N) is 2. The van der Waals surface area contributed by atoms with Crippen LogP contribution in [0.3, 0.4) is 0 Å². The fourth-order valence-electron chi connectivity index (χ4n) is 1.89. The Balaban J connectivity index is 2.34. The zero-order chi connectivity index (χ0) is 14.4. The van der Waals surface area contributed by atoms with E-state index in [4.69, 9.17) is 4.74 Å². The van der Waals surface area contributed by atoms with Crippen LogP contribution in [0, 0.1) is 0 Å². The van der Waals surface area contributed by atoms with Crippen molar-refractivity contribution in [1.29, 1.82) is 0 Å². The SMILES string of the molecule is CCOC(=O)CN=C(SC)c1cccc2ncccc12. The second-order valence-corrected chi connectivity index (χ2v) is 4.80. The molecule has 0 bridgehead atoms. The molecule has 0 aliphatic rings. The molecule has 0 spiro atoms. The van der Waals surface area contributed by atoms with Crippen molar-refractivity contribution in [2.24, 2.45) is 4.99 Å². The van der Waals surface area contributed by atoms with E-state index in [1.54, 1.807) is 13.1 Å². The van der Waals surface area contributed by atoms with Gasteiger partial charge in [-0.05, 0) is 25.3 Å². The second-order valence-electron chi connectivity index (χ2n) is 4.01. The number of rotatable bonds is 4. The number of esters is 1. The highest BCUT2D eigenvalue weighted by Gasteiger charge is 2.08. The van der Waals surface area contributed by atoms with E-state index in [0.29, 0.717) is 6.61 Å². The molecule has 1 aromatic heterocycles. The first kappa shape index (κ1) is 14.5. The van der Waals surface area contributed by atoms with Crippen molar-refractivity contribution < 1.29 is 9.53 Å². The van der Waals surface area contributed by atoms with Crippen molar-refractivity contribution in [2.45, 2.75) is 6.92 Å². The van der Waals surface area contributed by atoms with E-state index >= 15 is 0 Å². The standard InChI is InChI=1S/C15H16N2O2S/c1-3-19-14(18)10-17-15(20-2)12-6-4-8-13-11(12)7-5-9-16-13/h4-9H,3,10H2,1-2H3. The van der Waals surface area contributed by atoms with E-state index in [0.717, 1.165) is 21.5 Å². The first-order valence-electron chi connectivity index (χ1n) is 6.34. The summed E-state index contributed by atoms with van der Waals surface area (Å²) < 4.78 is 4.89. The molecule has 5 heteroatoms. The third-order valence-electron chi connectivity index (χ3n) is 2.73. The lowest BCUT2D eigenvalue weighted by Crippen LogP contribution is -2.09. The molecule has 0 fully saturated rings. The minimum atomic E-state index is -0.308. The minimum Gasteiger partial charge on any atom is -0.465 e. The number of carbonyl (C=O) groups excluding carboxylic acids is 1. The van der Waals surface area contributed by atoms with Gasteiger partial charge in [-0.25, -0.2) is 0 Å². The summed E-state index contributed by atoms with van der Waals surface area (Å²) in [7, 11) is 0. The molecule has 0 radical (unpaired) electrons. The van der Waals surface area contributed by atoms with Crippen molar-refractivity contribution in [3.05, 3.63) is 42.1 Å². The average molecular weight is 288 g/mol. The maximum absolute atomic E-state index is 11.4. The number of aromatic nitrogens is 1. The maximum Gasteiger partial charge on any atom is 0.327 e. The fraction of sp³-hybridized carbons (Fsp3) is 0.267. The number of hydrogen-bond acceptors (Lipinski definition) is 5. The van der Waals surface area contributed by atoms with Gasteiger partial charge in [0.25, 0.3) is 0 Å². The van der Waals surface area contributed by atoms with Gasteiger partial charge in [-0.15, -0.1) is 11.8 Å². The van der Waals surface area contributed by atoms with Crippen LogP contribution < -0.4 is 0 Å². The van der Waals surface area contributed by atoms with Crippen LogP contribution in [0.25, 0.3) is 10.9 Å². The van der Waals surface area contributed by atoms with Crippen LogP contribution in [-0.4, -0.2) is 35.4 Å². The Morgan fingerprint density at radius 3 is 2.95 bits per heavy atom. The molecule has 20 heavy (non-hydrogen) atoms. The van der Waals surface area contributed by atoms with E-state index in [1.807, 2.05) is 36.6 Å². The van der Waals surface area contributed by atoms with Gasteiger partial charge < -0.3 is 4.74 Å². The molecular formula is C15H16N2O2S. The number of carbonyl (C=O) groups is 1. The number of aliphatic imine (C=N–C) groups is 1. The molecule has 104 valence electrons. The maximum atomic E-state index is 11.4. The molecule has 0 aliphatic heterocycles. The minimum absolute atomic E-state index is 0.0423. The smallest absolute Gasteiger partial charge is 0.327 e. The van der Waals surface area contributed by atoms with Crippen LogP contribution in [0.4, 0.5) is 0 Å². The molecule has 0 unspecified atom stereocenters. The average Bonchev–Trinajstić information content (AvgIpc) is 2.48. The summed E-state index contributed by atoms with van der Waals surface area (Å²) in [6, 6.07) is 9.80. The van der Waals surface area contributed by atoms with E-state index in [1.165, 1.54) is 11.8 Å². The zero-order valence-corrected chi connectivity index (χ0v) is 12.3. The fourth-order valence-corrected chi connectivity index (χ4v) is 2.48. The number of fused-ring (bicyclic) bond motifs is 1. The largest absolute Gasteiger partial charge is 0.465 e. The van der Waals surface area contributed by atoms with Crippen molar-refractivity contribution in [1.82, 2.24) is 4.98 Å². The first-order chi connectivity index (χ1) is 9.76. The molecule has 0 aliphatic carbocycles. The molecule has 2 rings (SSSR count). The molecule has 4 nitrogen and oxygen atoms in total. The van der Waals surface area contributed by atoms with Gasteiger partial charge in [0.05, 0.1) is 17.2 Å². The predicted molar refractivity (Wildman–Crippen MR) is 83.3 cm³/mol. The molecule has 0 saturated carbocycles. The number of benzene rings is 1. The van der Waals surface area contributed by atoms with Gasteiger partial charge in [-0.3, -0.25) is 14.8 Å². The predicted octanol–water partition coefficient (Wildman–Crippen LogP) is 2.91. The van der Waals surface area contributed by atoms with E-state index < -0.39 is 0 Å². The van der Waals surface area contributed by atoms with Gasteiger partial charge in [0.2, 0.25) is 0 Å². The van der Waals surface area contributed by atoms with Crippen LogP contribution in [0.15, 0.2) is 41.5 Å². The number of ether oxygens (including phenoxy) is 1. The van der Waals surface area contributed by atoms with Crippen molar-refractivity contribution >= 4 is 33.7 Å². The lowest BCUT2D eigenvalue weighted by Gasteiger charge is -2.07. The van der Waals surface area contributed by atoms with E-state index in [2.05, 4.69) is 9.98 Å². The van der Waals surface area contributed by atoms with Gasteiger partial charge in [0.15, 0.2) is 0 Å². The Hall–Kier alpha value is -1.88. The Bertz CT molecular complexity index is 635. The van der Waals surface area contributed by atoms with Gasteiger partial charge in [-0.1, -0.05) is 18.2 Å². The van der Waals surface area contributed by atoms with Crippen LogP contribution in [0.1, 0.15) is 12.5 Å². The lowest BCUT2D eigenvalue weighted by molar-refractivity contribution is -0.141. The molecular weight excluding hydrogens is 272 g/mol. The monoisotopic (exact) mass is 288 g/mol. The summed E-state index contributed by atoms with van der Waals surface area (Å²) in [6.45, 7) is 2.20. The van der Waals surface area contributed by atoms with Gasteiger partial charge >= 0.3 is 5.97 Å². The molecule has 0 N–H and O–H groups in total. The Labute approximate surface area is 122 Å². The molecule has 0 amide bonds. The Kier molecular flexibility index (Phi) is 5.12. The summed E-state index contributed by atoms with van der Waals surface area (Å²) >= 11 is 1.51. The molecule has 0 saturated heterocycles. The molecule has 2 aromatic rings. The Morgan fingerprint density at radius 1 is 1.35 bits per heavy atom. The number of pyridine rings is 1. The van der Waals surface area contributed by atoms with E-state index in [9.17, 15) is 4.79 Å². The highest BCUT2D eigenvalue weighted by molar-refractivity contribution is 8.13. The number of hydrogen-bond donors (Lipinski definition) is 0.